The molecule has 0 spiro atoms. The summed E-state index contributed by atoms with van der Waals surface area (Å²) in [7, 11) is 0. The number of rotatable bonds is 11. The second-order valence-corrected chi connectivity index (χ2v) is 9.73. The van der Waals surface area contributed by atoms with Crippen LogP contribution in [0.3, 0.4) is 0 Å². The van der Waals surface area contributed by atoms with Crippen LogP contribution in [0.5, 0.6) is 5.75 Å². The number of carbonyl (C=O) groups is 1. The maximum Gasteiger partial charge on any atom is 0.326 e. The highest BCUT2D eigenvalue weighted by Crippen LogP contribution is 2.36. The Labute approximate surface area is 205 Å². The Kier molecular flexibility index (Phi) is 9.57. The fourth-order valence-electron chi connectivity index (χ4n) is 4.47. The third-order valence-corrected chi connectivity index (χ3v) is 7.19. The molecule has 0 amide bonds. The normalized spacial score (nSPS) is 19.6. The summed E-state index contributed by atoms with van der Waals surface area (Å²) >= 11 is 0. The van der Waals surface area contributed by atoms with Gasteiger partial charge in [-0.2, -0.15) is 5.26 Å². The Balaban J connectivity index is 1.49. The van der Waals surface area contributed by atoms with Crippen LogP contribution < -0.4 is 4.74 Å². The molecule has 1 aliphatic rings. The zero-order valence-electron chi connectivity index (χ0n) is 21.0. The van der Waals surface area contributed by atoms with E-state index in [-0.39, 0.29) is 12.1 Å². The molecule has 3 rings (SSSR count). The average Bonchev–Trinajstić information content (AvgIpc) is 2.89. The summed E-state index contributed by atoms with van der Waals surface area (Å²) in [6.45, 7) is 6.52. The topological polar surface area (TPSA) is 59.3 Å². The molecule has 0 N–H and O–H groups in total. The molecular formula is C30H39NO3. The molecule has 1 atom stereocenters. The summed E-state index contributed by atoms with van der Waals surface area (Å²) in [5, 5.41) is 9.30. The van der Waals surface area contributed by atoms with Crippen LogP contribution in [0.2, 0.25) is 0 Å². The minimum Gasteiger partial charge on any atom is -0.494 e. The minimum atomic E-state index is -1.04. The Morgan fingerprint density at radius 1 is 0.941 bits per heavy atom. The fourth-order valence-corrected chi connectivity index (χ4v) is 4.47. The summed E-state index contributed by atoms with van der Waals surface area (Å²) in [5.41, 5.74) is 2.70. The minimum absolute atomic E-state index is 0.0744. The standard InChI is InChI=1S/C30H39NO3/c1-4-6-7-8-21-33-27-17-13-25(14-18-27)23-9-11-24(12-10-23)26-15-19-28(20-16-26)34-29(32)30(3,5-2)22-31/h9-14,17-18,26,28H,4-8,15-16,19-21H2,1-3H3. The summed E-state index contributed by atoms with van der Waals surface area (Å²) in [6, 6.07) is 19.3. The molecular weight excluding hydrogens is 422 g/mol. The smallest absolute Gasteiger partial charge is 0.326 e. The van der Waals surface area contributed by atoms with Gasteiger partial charge in [-0.05, 0) is 80.2 Å². The van der Waals surface area contributed by atoms with Crippen LogP contribution in [0.1, 0.15) is 90.0 Å². The van der Waals surface area contributed by atoms with Gasteiger partial charge in [0, 0.05) is 0 Å². The molecule has 0 radical (unpaired) electrons. The van der Waals surface area contributed by atoms with E-state index in [1.165, 1.54) is 36.0 Å². The van der Waals surface area contributed by atoms with Crippen LogP contribution in [0.25, 0.3) is 11.1 Å². The van der Waals surface area contributed by atoms with Crippen molar-refractivity contribution in [1.29, 1.82) is 5.26 Å². The molecule has 1 unspecified atom stereocenters. The molecule has 2 aromatic rings. The predicted octanol–water partition coefficient (Wildman–Crippen LogP) is 7.82. The van der Waals surface area contributed by atoms with Gasteiger partial charge in [-0.1, -0.05) is 69.5 Å². The van der Waals surface area contributed by atoms with Crippen molar-refractivity contribution in [2.75, 3.05) is 6.61 Å². The third kappa shape index (κ3) is 6.86. The SMILES string of the molecule is CCCCCCOc1ccc(-c2ccc(C3CCC(OC(=O)C(C)(C#N)CC)CC3)cc2)cc1. The number of nitrogens with zero attached hydrogens (tertiary/aromatic N) is 1. The Bertz CT molecular complexity index is 937. The highest BCUT2D eigenvalue weighted by Gasteiger charge is 2.35. The number of carbonyl (C=O) groups excluding carboxylic acids is 1. The third-order valence-electron chi connectivity index (χ3n) is 7.19. The number of esters is 1. The first-order valence-corrected chi connectivity index (χ1v) is 12.9. The lowest BCUT2D eigenvalue weighted by Crippen LogP contribution is -2.33. The summed E-state index contributed by atoms with van der Waals surface area (Å²) < 4.78 is 11.5. The Morgan fingerprint density at radius 3 is 2.12 bits per heavy atom. The first kappa shape index (κ1) is 25.8. The molecule has 0 aliphatic heterocycles. The fraction of sp³-hybridized carbons (Fsp3) is 0.533. The lowest BCUT2D eigenvalue weighted by atomic mass is 9.82. The van der Waals surface area contributed by atoms with Crippen LogP contribution in [-0.2, 0) is 9.53 Å². The Morgan fingerprint density at radius 2 is 1.56 bits per heavy atom. The summed E-state index contributed by atoms with van der Waals surface area (Å²) in [5.74, 6) is 1.04. The molecule has 0 bridgehead atoms. The van der Waals surface area contributed by atoms with E-state index in [1.807, 2.05) is 6.92 Å². The molecule has 0 aromatic heterocycles. The molecule has 0 saturated heterocycles. The van der Waals surface area contributed by atoms with Crippen LogP contribution >= 0.6 is 0 Å². The summed E-state index contributed by atoms with van der Waals surface area (Å²) in [4.78, 5) is 12.4. The largest absolute Gasteiger partial charge is 0.494 e. The molecule has 4 heteroatoms. The molecule has 1 fully saturated rings. The van der Waals surface area contributed by atoms with Gasteiger partial charge in [-0.25, -0.2) is 0 Å². The second-order valence-electron chi connectivity index (χ2n) is 9.73. The van der Waals surface area contributed by atoms with Gasteiger partial charge < -0.3 is 9.47 Å². The lowest BCUT2D eigenvalue weighted by molar-refractivity contribution is -0.159. The van der Waals surface area contributed by atoms with E-state index in [4.69, 9.17) is 9.47 Å². The number of ether oxygens (including phenoxy) is 2. The van der Waals surface area contributed by atoms with Crippen LogP contribution in [-0.4, -0.2) is 18.7 Å². The average molecular weight is 462 g/mol. The van der Waals surface area contributed by atoms with Gasteiger partial charge >= 0.3 is 5.97 Å². The van der Waals surface area contributed by atoms with Crippen molar-refractivity contribution in [2.24, 2.45) is 5.41 Å². The van der Waals surface area contributed by atoms with Gasteiger partial charge in [0.1, 0.15) is 11.9 Å². The maximum atomic E-state index is 12.4. The van der Waals surface area contributed by atoms with Crippen molar-refractivity contribution >= 4 is 5.97 Å². The number of hydrogen-bond acceptors (Lipinski definition) is 4. The first-order chi connectivity index (χ1) is 16.5. The second kappa shape index (κ2) is 12.6. The van der Waals surface area contributed by atoms with E-state index in [9.17, 15) is 10.1 Å². The highest BCUT2D eigenvalue weighted by molar-refractivity contribution is 5.79. The van der Waals surface area contributed by atoms with E-state index in [0.29, 0.717) is 12.3 Å². The van der Waals surface area contributed by atoms with Crippen molar-refractivity contribution in [1.82, 2.24) is 0 Å². The van der Waals surface area contributed by atoms with E-state index in [1.54, 1.807) is 6.92 Å². The van der Waals surface area contributed by atoms with E-state index in [2.05, 4.69) is 61.5 Å². The van der Waals surface area contributed by atoms with Gasteiger partial charge in [0.15, 0.2) is 5.41 Å². The quantitative estimate of drug-likeness (QED) is 0.253. The van der Waals surface area contributed by atoms with Crippen molar-refractivity contribution in [2.45, 2.75) is 90.6 Å². The van der Waals surface area contributed by atoms with Gasteiger partial charge in [0.25, 0.3) is 0 Å². The molecule has 4 nitrogen and oxygen atoms in total. The molecule has 2 aromatic carbocycles. The summed E-state index contributed by atoms with van der Waals surface area (Å²) in [6.07, 6.45) is 8.95. The van der Waals surface area contributed by atoms with Crippen LogP contribution in [0.15, 0.2) is 48.5 Å². The van der Waals surface area contributed by atoms with Crippen molar-refractivity contribution in [3.05, 3.63) is 54.1 Å². The van der Waals surface area contributed by atoms with Crippen molar-refractivity contribution in [3.63, 3.8) is 0 Å². The zero-order valence-corrected chi connectivity index (χ0v) is 21.0. The molecule has 1 aliphatic carbocycles. The zero-order chi connectivity index (χ0) is 24.4. The molecule has 1 saturated carbocycles. The Hall–Kier alpha value is -2.80. The number of benzene rings is 2. The monoisotopic (exact) mass is 461 g/mol. The lowest BCUT2D eigenvalue weighted by Gasteiger charge is -2.30. The highest BCUT2D eigenvalue weighted by atomic mass is 16.5. The maximum absolute atomic E-state index is 12.4. The van der Waals surface area contributed by atoms with E-state index in [0.717, 1.165) is 44.5 Å². The van der Waals surface area contributed by atoms with Gasteiger partial charge in [0.05, 0.1) is 12.7 Å². The predicted molar refractivity (Wildman–Crippen MR) is 137 cm³/mol. The molecule has 0 heterocycles. The van der Waals surface area contributed by atoms with Crippen molar-refractivity contribution < 1.29 is 14.3 Å². The molecule has 34 heavy (non-hydrogen) atoms. The van der Waals surface area contributed by atoms with Crippen LogP contribution in [0.4, 0.5) is 0 Å². The number of hydrogen-bond donors (Lipinski definition) is 0. The van der Waals surface area contributed by atoms with E-state index < -0.39 is 5.41 Å². The molecule has 182 valence electrons. The number of unbranched alkanes of at least 4 members (excludes halogenated alkanes) is 3. The number of nitriles is 1. The van der Waals surface area contributed by atoms with Crippen LogP contribution in [0, 0.1) is 16.7 Å². The van der Waals surface area contributed by atoms with Crippen molar-refractivity contribution in [3.8, 4) is 22.9 Å². The van der Waals surface area contributed by atoms with Gasteiger partial charge in [-0.15, -0.1) is 0 Å². The van der Waals surface area contributed by atoms with Gasteiger partial charge in [0.2, 0.25) is 0 Å². The van der Waals surface area contributed by atoms with Gasteiger partial charge in [-0.3, -0.25) is 4.79 Å². The first-order valence-electron chi connectivity index (χ1n) is 12.9. The van der Waals surface area contributed by atoms with E-state index >= 15 is 0 Å².